The number of ether oxygens (including phenoxy) is 1. The summed E-state index contributed by atoms with van der Waals surface area (Å²) in [6, 6.07) is -0.0203. The Morgan fingerprint density at radius 3 is 2.65 bits per heavy atom. The zero-order valence-electron chi connectivity index (χ0n) is 15.7. The van der Waals surface area contributed by atoms with Gasteiger partial charge in [-0.3, -0.25) is 14.7 Å². The van der Waals surface area contributed by atoms with Gasteiger partial charge in [0, 0.05) is 39.1 Å². The van der Waals surface area contributed by atoms with Crippen molar-refractivity contribution < 1.29 is 22.7 Å². The van der Waals surface area contributed by atoms with Crippen molar-refractivity contribution in [3.63, 3.8) is 0 Å². The Balaban J connectivity index is 2.10. The van der Waals surface area contributed by atoms with Crippen molar-refractivity contribution in [2.75, 3.05) is 39.8 Å². The van der Waals surface area contributed by atoms with E-state index in [1.807, 2.05) is 0 Å². The maximum atomic E-state index is 12.4. The zero-order valence-corrected chi connectivity index (χ0v) is 15.7. The second-order valence-corrected chi connectivity index (χ2v) is 6.45. The Morgan fingerprint density at radius 2 is 2.00 bits per heavy atom. The van der Waals surface area contributed by atoms with Crippen LogP contribution in [0, 0.1) is 0 Å². The first-order chi connectivity index (χ1) is 12.3. The molecule has 2 N–H and O–H groups in total. The molecule has 0 amide bonds. The van der Waals surface area contributed by atoms with Crippen LogP contribution in [0.25, 0.3) is 0 Å². The summed E-state index contributed by atoms with van der Waals surface area (Å²) in [4.78, 5) is 16.7. The van der Waals surface area contributed by atoms with E-state index in [4.69, 9.17) is 4.74 Å². The summed E-state index contributed by atoms with van der Waals surface area (Å²) in [6.45, 7) is 2.90. The van der Waals surface area contributed by atoms with E-state index >= 15 is 0 Å². The lowest BCUT2D eigenvalue weighted by Crippen LogP contribution is -2.45. The van der Waals surface area contributed by atoms with E-state index in [0.717, 1.165) is 32.2 Å². The molecule has 0 saturated carbocycles. The quantitative estimate of drug-likeness (QED) is 0.264. The van der Waals surface area contributed by atoms with E-state index in [2.05, 4.69) is 15.6 Å². The van der Waals surface area contributed by atoms with Gasteiger partial charge in [-0.2, -0.15) is 13.2 Å². The van der Waals surface area contributed by atoms with Crippen molar-refractivity contribution in [2.45, 2.75) is 57.7 Å². The molecule has 26 heavy (non-hydrogen) atoms. The summed E-state index contributed by atoms with van der Waals surface area (Å²) in [6.07, 6.45) is 0.693. The molecule has 1 heterocycles. The molecule has 1 rings (SSSR count). The van der Waals surface area contributed by atoms with Crippen molar-refractivity contribution in [3.8, 4) is 0 Å². The van der Waals surface area contributed by atoms with E-state index < -0.39 is 12.7 Å². The molecule has 0 spiro atoms. The first-order valence-electron chi connectivity index (χ1n) is 9.26. The first-order valence-corrected chi connectivity index (χ1v) is 9.26. The minimum atomic E-state index is -4.15. The van der Waals surface area contributed by atoms with Gasteiger partial charge >= 0.3 is 12.1 Å². The number of carbonyl (C=O) groups excluding carboxylic acids is 1. The number of nitrogens with zero attached hydrogens (tertiary/aromatic N) is 2. The van der Waals surface area contributed by atoms with Gasteiger partial charge in [-0.15, -0.1) is 0 Å². The van der Waals surface area contributed by atoms with Crippen LogP contribution in [0.1, 0.15) is 45.4 Å². The van der Waals surface area contributed by atoms with Crippen LogP contribution in [-0.4, -0.2) is 68.9 Å². The van der Waals surface area contributed by atoms with Gasteiger partial charge in [0.05, 0.1) is 13.2 Å². The molecule has 0 radical (unpaired) electrons. The van der Waals surface area contributed by atoms with E-state index in [1.54, 1.807) is 14.0 Å². The largest absolute Gasteiger partial charge is 0.466 e. The van der Waals surface area contributed by atoms with Crippen LogP contribution < -0.4 is 10.6 Å². The highest BCUT2D eigenvalue weighted by Gasteiger charge is 2.34. The van der Waals surface area contributed by atoms with Crippen molar-refractivity contribution in [1.29, 1.82) is 0 Å². The minimum Gasteiger partial charge on any atom is -0.466 e. The number of hydrogen-bond acceptors (Lipinski definition) is 4. The molecule has 0 aromatic carbocycles. The normalized spacial score (nSPS) is 18.8. The van der Waals surface area contributed by atoms with Gasteiger partial charge in [0.2, 0.25) is 0 Å². The fourth-order valence-corrected chi connectivity index (χ4v) is 2.92. The maximum absolute atomic E-state index is 12.4. The maximum Gasteiger partial charge on any atom is 0.401 e. The molecule has 6 nitrogen and oxygen atoms in total. The Bertz CT molecular complexity index is 444. The van der Waals surface area contributed by atoms with Gasteiger partial charge in [0.1, 0.15) is 0 Å². The van der Waals surface area contributed by atoms with Crippen LogP contribution in [0.2, 0.25) is 0 Å². The topological polar surface area (TPSA) is 66.0 Å². The number of esters is 1. The monoisotopic (exact) mass is 380 g/mol. The number of aliphatic imine (C=N–C) groups is 1. The van der Waals surface area contributed by atoms with Gasteiger partial charge in [-0.05, 0) is 26.2 Å². The Labute approximate surface area is 153 Å². The fourth-order valence-electron chi connectivity index (χ4n) is 2.92. The Morgan fingerprint density at radius 1 is 1.27 bits per heavy atom. The number of unbranched alkanes of at least 4 members (excludes halogenated alkanes) is 3. The van der Waals surface area contributed by atoms with Crippen LogP contribution in [0.3, 0.4) is 0 Å². The van der Waals surface area contributed by atoms with Gasteiger partial charge in [0.25, 0.3) is 0 Å². The number of carbonyl (C=O) groups is 1. The van der Waals surface area contributed by atoms with Crippen LogP contribution in [-0.2, 0) is 9.53 Å². The summed E-state index contributed by atoms with van der Waals surface area (Å²) < 4.78 is 42.1. The Kier molecular flexibility index (Phi) is 10.4. The summed E-state index contributed by atoms with van der Waals surface area (Å²) in [7, 11) is 1.65. The molecule has 1 fully saturated rings. The van der Waals surface area contributed by atoms with Gasteiger partial charge < -0.3 is 15.4 Å². The van der Waals surface area contributed by atoms with Crippen molar-refractivity contribution in [3.05, 3.63) is 0 Å². The molecule has 0 aliphatic carbocycles. The second kappa shape index (κ2) is 12.0. The third-order valence-corrected chi connectivity index (χ3v) is 4.15. The fraction of sp³-hybridized carbons (Fsp3) is 0.882. The SMILES string of the molecule is CCOC(=O)CCCCCCNC(=NC)NC1CCN(CC(F)(F)F)C1. The zero-order chi connectivity index (χ0) is 19.4. The molecule has 0 aromatic rings. The number of likely N-dealkylation sites (tertiary alicyclic amines) is 1. The van der Waals surface area contributed by atoms with Crippen molar-refractivity contribution >= 4 is 11.9 Å². The smallest absolute Gasteiger partial charge is 0.401 e. The van der Waals surface area contributed by atoms with Gasteiger partial charge in [0.15, 0.2) is 5.96 Å². The van der Waals surface area contributed by atoms with Gasteiger partial charge in [-0.1, -0.05) is 12.8 Å². The number of guanidine groups is 1. The van der Waals surface area contributed by atoms with E-state index in [9.17, 15) is 18.0 Å². The first kappa shape index (κ1) is 22.5. The molecule has 0 aromatic heterocycles. The predicted octanol–water partition coefficient (Wildman–Crippen LogP) is 2.30. The van der Waals surface area contributed by atoms with E-state index in [-0.39, 0.29) is 12.0 Å². The third-order valence-electron chi connectivity index (χ3n) is 4.15. The van der Waals surface area contributed by atoms with Crippen LogP contribution in [0.4, 0.5) is 13.2 Å². The molecule has 152 valence electrons. The van der Waals surface area contributed by atoms with Crippen LogP contribution >= 0.6 is 0 Å². The van der Waals surface area contributed by atoms with Crippen molar-refractivity contribution in [2.24, 2.45) is 4.99 Å². The molecule has 9 heteroatoms. The minimum absolute atomic E-state index is 0.0203. The van der Waals surface area contributed by atoms with Crippen LogP contribution in [0.5, 0.6) is 0 Å². The number of halogens is 3. The lowest BCUT2D eigenvalue weighted by molar-refractivity contribution is -0.144. The number of hydrogen-bond donors (Lipinski definition) is 2. The molecule has 1 aliphatic rings. The predicted molar refractivity (Wildman–Crippen MR) is 95.1 cm³/mol. The van der Waals surface area contributed by atoms with E-state index in [0.29, 0.717) is 38.5 Å². The molecule has 1 atom stereocenters. The highest BCUT2D eigenvalue weighted by molar-refractivity contribution is 5.80. The highest BCUT2D eigenvalue weighted by Crippen LogP contribution is 2.19. The molecule has 0 bridgehead atoms. The lowest BCUT2D eigenvalue weighted by Gasteiger charge is -2.19. The summed E-state index contributed by atoms with van der Waals surface area (Å²) in [5, 5.41) is 6.37. The molecular weight excluding hydrogens is 349 g/mol. The molecule has 1 aliphatic heterocycles. The van der Waals surface area contributed by atoms with E-state index in [1.165, 1.54) is 4.90 Å². The number of rotatable bonds is 10. The second-order valence-electron chi connectivity index (χ2n) is 6.45. The third kappa shape index (κ3) is 10.5. The standard InChI is InChI=1S/C17H31F3N4O2/c1-3-26-15(25)8-6-4-5-7-10-22-16(21-2)23-14-9-11-24(12-14)13-17(18,19)20/h14H,3-13H2,1-2H3,(H2,21,22,23). The molecular formula is C17H31F3N4O2. The van der Waals surface area contributed by atoms with Gasteiger partial charge in [-0.25, -0.2) is 0 Å². The number of alkyl halides is 3. The average Bonchev–Trinajstić information content (AvgIpc) is 2.98. The molecule has 1 saturated heterocycles. The summed E-state index contributed by atoms with van der Waals surface area (Å²) in [5.41, 5.74) is 0. The average molecular weight is 380 g/mol. The summed E-state index contributed by atoms with van der Waals surface area (Å²) in [5.74, 6) is 0.474. The number of nitrogens with one attached hydrogen (secondary N) is 2. The molecule has 1 unspecified atom stereocenters. The van der Waals surface area contributed by atoms with Crippen molar-refractivity contribution in [1.82, 2.24) is 15.5 Å². The summed E-state index contributed by atoms with van der Waals surface area (Å²) >= 11 is 0. The Hall–Kier alpha value is -1.51. The highest BCUT2D eigenvalue weighted by atomic mass is 19.4. The lowest BCUT2D eigenvalue weighted by atomic mass is 10.1. The van der Waals surface area contributed by atoms with Crippen LogP contribution in [0.15, 0.2) is 4.99 Å².